The molecule has 0 bridgehead atoms. The van der Waals surface area contributed by atoms with Crippen LogP contribution in [0.3, 0.4) is 0 Å². The van der Waals surface area contributed by atoms with Gasteiger partial charge in [-0.05, 0) is 31.6 Å². The van der Waals surface area contributed by atoms with E-state index in [1.807, 2.05) is 0 Å². The van der Waals surface area contributed by atoms with Crippen LogP contribution in [-0.4, -0.2) is 19.0 Å². The van der Waals surface area contributed by atoms with Crippen LogP contribution in [0.4, 0.5) is 0 Å². The standard InChI is InChI=1S/C13H22O2/c1-10-3-2-4-12(9-10)13(14)11-5-7-15-8-6-11/h10-12H,2-9H2,1H3. The molecule has 2 aliphatic rings. The maximum Gasteiger partial charge on any atom is 0.139 e. The molecule has 2 rings (SSSR count). The van der Waals surface area contributed by atoms with Crippen LogP contribution < -0.4 is 0 Å². The van der Waals surface area contributed by atoms with E-state index in [-0.39, 0.29) is 0 Å². The van der Waals surface area contributed by atoms with Gasteiger partial charge in [-0.25, -0.2) is 0 Å². The number of ether oxygens (including phenoxy) is 1. The molecular formula is C13H22O2. The summed E-state index contributed by atoms with van der Waals surface area (Å²) in [5, 5.41) is 0. The summed E-state index contributed by atoms with van der Waals surface area (Å²) >= 11 is 0. The molecule has 0 aromatic heterocycles. The lowest BCUT2D eigenvalue weighted by Crippen LogP contribution is -2.31. The summed E-state index contributed by atoms with van der Waals surface area (Å²) in [5.74, 6) is 1.99. The van der Waals surface area contributed by atoms with E-state index in [1.165, 1.54) is 12.8 Å². The minimum Gasteiger partial charge on any atom is -0.381 e. The highest BCUT2D eigenvalue weighted by Gasteiger charge is 2.31. The molecule has 2 fully saturated rings. The lowest BCUT2D eigenvalue weighted by Gasteiger charge is -2.30. The maximum atomic E-state index is 12.2. The number of carbonyl (C=O) groups excluding carboxylic acids is 1. The van der Waals surface area contributed by atoms with Gasteiger partial charge in [0.2, 0.25) is 0 Å². The van der Waals surface area contributed by atoms with Crippen molar-refractivity contribution in [2.45, 2.75) is 45.4 Å². The fourth-order valence-electron chi connectivity index (χ4n) is 3.01. The van der Waals surface area contributed by atoms with Crippen molar-refractivity contribution >= 4 is 5.78 Å². The van der Waals surface area contributed by atoms with Gasteiger partial charge in [0.25, 0.3) is 0 Å². The SMILES string of the molecule is CC1CCCC(C(=O)C2CCOCC2)C1. The van der Waals surface area contributed by atoms with E-state index >= 15 is 0 Å². The molecule has 0 radical (unpaired) electrons. The average Bonchev–Trinajstić information content (AvgIpc) is 2.29. The first-order chi connectivity index (χ1) is 7.27. The van der Waals surface area contributed by atoms with Gasteiger partial charge in [0.15, 0.2) is 0 Å². The molecule has 86 valence electrons. The van der Waals surface area contributed by atoms with Gasteiger partial charge in [-0.1, -0.05) is 19.8 Å². The quantitative estimate of drug-likeness (QED) is 0.700. The van der Waals surface area contributed by atoms with Gasteiger partial charge in [-0.3, -0.25) is 4.79 Å². The average molecular weight is 210 g/mol. The zero-order valence-corrected chi connectivity index (χ0v) is 9.71. The molecule has 1 aliphatic heterocycles. The molecule has 2 unspecified atom stereocenters. The van der Waals surface area contributed by atoms with E-state index in [4.69, 9.17) is 4.74 Å². The fraction of sp³-hybridized carbons (Fsp3) is 0.923. The van der Waals surface area contributed by atoms with E-state index in [2.05, 4.69) is 6.92 Å². The zero-order chi connectivity index (χ0) is 10.7. The second-order valence-electron chi connectivity index (χ2n) is 5.26. The molecule has 0 aromatic carbocycles. The highest BCUT2D eigenvalue weighted by Crippen LogP contribution is 2.32. The molecule has 1 aliphatic carbocycles. The van der Waals surface area contributed by atoms with Crippen molar-refractivity contribution in [3.63, 3.8) is 0 Å². The van der Waals surface area contributed by atoms with Gasteiger partial charge < -0.3 is 4.74 Å². The van der Waals surface area contributed by atoms with Crippen LogP contribution in [0, 0.1) is 17.8 Å². The lowest BCUT2D eigenvalue weighted by molar-refractivity contribution is -0.131. The first-order valence-electron chi connectivity index (χ1n) is 6.39. The maximum absolute atomic E-state index is 12.2. The van der Waals surface area contributed by atoms with E-state index in [0.717, 1.165) is 44.8 Å². The zero-order valence-electron chi connectivity index (χ0n) is 9.71. The summed E-state index contributed by atoms with van der Waals surface area (Å²) in [6, 6.07) is 0. The minimum atomic E-state index is 0.314. The highest BCUT2D eigenvalue weighted by atomic mass is 16.5. The van der Waals surface area contributed by atoms with Gasteiger partial charge in [-0.15, -0.1) is 0 Å². The third kappa shape index (κ3) is 2.81. The van der Waals surface area contributed by atoms with Gasteiger partial charge in [0, 0.05) is 25.0 Å². The molecule has 2 nitrogen and oxygen atoms in total. The monoisotopic (exact) mass is 210 g/mol. The first-order valence-corrected chi connectivity index (χ1v) is 6.39. The molecule has 1 saturated carbocycles. The summed E-state index contributed by atoms with van der Waals surface area (Å²) < 4.78 is 5.31. The van der Waals surface area contributed by atoms with Crippen molar-refractivity contribution in [2.24, 2.45) is 17.8 Å². The van der Waals surface area contributed by atoms with Gasteiger partial charge in [0.1, 0.15) is 5.78 Å². The Bertz CT molecular complexity index is 219. The minimum absolute atomic E-state index is 0.314. The van der Waals surface area contributed by atoms with Gasteiger partial charge in [-0.2, -0.15) is 0 Å². The third-order valence-corrected chi connectivity index (χ3v) is 3.96. The van der Waals surface area contributed by atoms with Crippen molar-refractivity contribution in [1.29, 1.82) is 0 Å². The Balaban J connectivity index is 1.88. The van der Waals surface area contributed by atoms with Crippen molar-refractivity contribution in [2.75, 3.05) is 13.2 Å². The molecule has 1 saturated heterocycles. The Morgan fingerprint density at radius 3 is 2.47 bits per heavy atom. The Morgan fingerprint density at radius 2 is 1.80 bits per heavy atom. The number of Topliss-reactive ketones (excluding diaryl/α,β-unsaturated/α-hetero) is 1. The fourth-order valence-corrected chi connectivity index (χ4v) is 3.01. The van der Waals surface area contributed by atoms with Crippen LogP contribution in [0.5, 0.6) is 0 Å². The van der Waals surface area contributed by atoms with Crippen molar-refractivity contribution < 1.29 is 9.53 Å². The lowest BCUT2D eigenvalue weighted by atomic mass is 9.76. The third-order valence-electron chi connectivity index (χ3n) is 3.96. The molecule has 2 atom stereocenters. The largest absolute Gasteiger partial charge is 0.381 e. The summed E-state index contributed by atoms with van der Waals surface area (Å²) in [7, 11) is 0. The van der Waals surface area contributed by atoms with E-state index in [1.54, 1.807) is 0 Å². The molecule has 0 aromatic rings. The Hall–Kier alpha value is -0.370. The summed E-state index contributed by atoms with van der Waals surface area (Å²) in [6.45, 7) is 3.86. The summed E-state index contributed by atoms with van der Waals surface area (Å²) in [4.78, 5) is 12.2. The molecule has 1 heterocycles. The summed E-state index contributed by atoms with van der Waals surface area (Å²) in [5.41, 5.74) is 0. The van der Waals surface area contributed by atoms with Crippen LogP contribution in [-0.2, 0) is 9.53 Å². The molecule has 2 heteroatoms. The molecule has 0 spiro atoms. The number of carbonyl (C=O) groups is 1. The Labute approximate surface area is 92.4 Å². The van der Waals surface area contributed by atoms with Crippen molar-refractivity contribution in [3.8, 4) is 0 Å². The number of hydrogen-bond acceptors (Lipinski definition) is 2. The van der Waals surface area contributed by atoms with Gasteiger partial charge >= 0.3 is 0 Å². The molecule has 0 amide bonds. The van der Waals surface area contributed by atoms with Gasteiger partial charge in [0.05, 0.1) is 0 Å². The predicted octanol–water partition coefficient (Wildman–Crippen LogP) is 2.81. The highest BCUT2D eigenvalue weighted by molar-refractivity contribution is 5.83. The van der Waals surface area contributed by atoms with Crippen LogP contribution in [0.1, 0.15) is 45.4 Å². The topological polar surface area (TPSA) is 26.3 Å². The molecular weight excluding hydrogens is 188 g/mol. The number of ketones is 1. The van der Waals surface area contributed by atoms with Crippen LogP contribution in [0.2, 0.25) is 0 Å². The smallest absolute Gasteiger partial charge is 0.139 e. The second-order valence-corrected chi connectivity index (χ2v) is 5.26. The predicted molar refractivity (Wildman–Crippen MR) is 59.7 cm³/mol. The van der Waals surface area contributed by atoms with Crippen molar-refractivity contribution in [1.82, 2.24) is 0 Å². The van der Waals surface area contributed by atoms with E-state index in [9.17, 15) is 4.79 Å². The summed E-state index contributed by atoms with van der Waals surface area (Å²) in [6.07, 6.45) is 6.77. The van der Waals surface area contributed by atoms with E-state index in [0.29, 0.717) is 17.6 Å². The van der Waals surface area contributed by atoms with Crippen LogP contribution in [0.25, 0.3) is 0 Å². The second kappa shape index (κ2) is 5.11. The normalized spacial score (nSPS) is 33.9. The Morgan fingerprint density at radius 1 is 1.07 bits per heavy atom. The van der Waals surface area contributed by atoms with Crippen LogP contribution >= 0.6 is 0 Å². The first kappa shape index (κ1) is 11.1. The van der Waals surface area contributed by atoms with E-state index < -0.39 is 0 Å². The number of rotatable bonds is 2. The number of hydrogen-bond donors (Lipinski definition) is 0. The molecule has 15 heavy (non-hydrogen) atoms. The Kier molecular flexibility index (Phi) is 3.79. The van der Waals surface area contributed by atoms with Crippen molar-refractivity contribution in [3.05, 3.63) is 0 Å². The molecule has 0 N–H and O–H groups in total. The van der Waals surface area contributed by atoms with Crippen LogP contribution in [0.15, 0.2) is 0 Å².